The van der Waals surface area contributed by atoms with Crippen LogP contribution in [0, 0.1) is 12.7 Å². The van der Waals surface area contributed by atoms with Crippen LogP contribution in [0.5, 0.6) is 5.75 Å². The van der Waals surface area contributed by atoms with Crippen molar-refractivity contribution in [3.8, 4) is 17.0 Å². The van der Waals surface area contributed by atoms with E-state index in [2.05, 4.69) is 10.2 Å². The Balaban J connectivity index is 1.76. The van der Waals surface area contributed by atoms with E-state index < -0.39 is 11.6 Å². The number of H-pyrrole nitrogens is 1. The van der Waals surface area contributed by atoms with Crippen molar-refractivity contribution < 1.29 is 9.50 Å². The Bertz CT molecular complexity index is 1140. The average Bonchev–Trinajstić information content (AvgIpc) is 3.20. The van der Waals surface area contributed by atoms with Gasteiger partial charge in [0.1, 0.15) is 0 Å². The first-order chi connectivity index (χ1) is 14.0. The van der Waals surface area contributed by atoms with E-state index in [0.29, 0.717) is 23.1 Å². The van der Waals surface area contributed by atoms with E-state index >= 15 is 0 Å². The van der Waals surface area contributed by atoms with Gasteiger partial charge in [0.05, 0.1) is 12.2 Å². The number of phenols is 1. The van der Waals surface area contributed by atoms with Crippen LogP contribution in [0.15, 0.2) is 72.8 Å². The first-order valence-corrected chi connectivity index (χ1v) is 9.51. The number of aromatic amines is 1. The van der Waals surface area contributed by atoms with Gasteiger partial charge in [0.2, 0.25) is 0 Å². The molecule has 0 aliphatic rings. The largest absolute Gasteiger partial charge is 0.505 e. The molecule has 0 unspecified atom stereocenters. The lowest BCUT2D eigenvalue weighted by Crippen LogP contribution is -2.17. The van der Waals surface area contributed by atoms with Crippen LogP contribution in [0.1, 0.15) is 11.1 Å². The molecule has 1 heterocycles. The van der Waals surface area contributed by atoms with E-state index in [1.54, 1.807) is 6.07 Å². The minimum atomic E-state index is -0.672. The number of halogens is 2. The number of phenolic OH excluding ortho intramolecular Hbond substituents is 1. The summed E-state index contributed by atoms with van der Waals surface area (Å²) in [5.41, 5.74) is 4.42. The fraction of sp³-hybridized carbons (Fsp3) is 0.0870. The fourth-order valence-electron chi connectivity index (χ4n) is 3.14. The van der Waals surface area contributed by atoms with Gasteiger partial charge in [0, 0.05) is 22.8 Å². The highest BCUT2D eigenvalue weighted by Gasteiger charge is 2.17. The Morgan fingerprint density at radius 1 is 1.03 bits per heavy atom. The molecule has 0 radical (unpaired) electrons. The Morgan fingerprint density at radius 3 is 2.55 bits per heavy atom. The minimum Gasteiger partial charge on any atom is -0.505 e. The predicted molar refractivity (Wildman–Crippen MR) is 114 cm³/mol. The zero-order valence-corrected chi connectivity index (χ0v) is 16.5. The Labute approximate surface area is 173 Å². The van der Waals surface area contributed by atoms with Crippen molar-refractivity contribution in [3.63, 3.8) is 0 Å². The fourth-order valence-corrected chi connectivity index (χ4v) is 3.43. The van der Waals surface area contributed by atoms with Gasteiger partial charge in [-0.15, -0.1) is 0 Å². The quantitative estimate of drug-likeness (QED) is 0.412. The SMILES string of the molecule is Cc1ccc(CN(c2ccc(F)c(O)c2)c2cc(-c3ccccc3)[nH]n2)c(Cl)c1. The molecule has 146 valence electrons. The summed E-state index contributed by atoms with van der Waals surface area (Å²) in [6, 6.07) is 21.8. The molecule has 6 heteroatoms. The van der Waals surface area contributed by atoms with Crippen LogP contribution >= 0.6 is 11.6 Å². The third kappa shape index (κ3) is 4.10. The van der Waals surface area contributed by atoms with E-state index in [0.717, 1.165) is 22.4 Å². The van der Waals surface area contributed by atoms with Crippen LogP contribution in [0.3, 0.4) is 0 Å². The summed E-state index contributed by atoms with van der Waals surface area (Å²) >= 11 is 6.44. The second-order valence-electron chi connectivity index (χ2n) is 6.82. The molecule has 0 spiro atoms. The first kappa shape index (κ1) is 19.0. The van der Waals surface area contributed by atoms with Gasteiger partial charge in [0.25, 0.3) is 0 Å². The zero-order chi connectivity index (χ0) is 20.4. The maximum absolute atomic E-state index is 13.6. The van der Waals surface area contributed by atoms with Crippen molar-refractivity contribution >= 4 is 23.1 Å². The minimum absolute atomic E-state index is 0.406. The van der Waals surface area contributed by atoms with Crippen molar-refractivity contribution in [3.05, 3.63) is 94.8 Å². The molecular formula is C23H19ClFN3O. The third-order valence-electron chi connectivity index (χ3n) is 4.70. The molecule has 4 aromatic rings. The smallest absolute Gasteiger partial charge is 0.164 e. The molecule has 3 aromatic carbocycles. The molecule has 1 aromatic heterocycles. The van der Waals surface area contributed by atoms with E-state index in [1.807, 2.05) is 66.4 Å². The van der Waals surface area contributed by atoms with Gasteiger partial charge in [-0.25, -0.2) is 4.39 Å². The number of benzene rings is 3. The molecule has 29 heavy (non-hydrogen) atoms. The monoisotopic (exact) mass is 407 g/mol. The van der Waals surface area contributed by atoms with Gasteiger partial charge < -0.3 is 10.0 Å². The second kappa shape index (κ2) is 7.97. The number of hydrogen-bond acceptors (Lipinski definition) is 3. The summed E-state index contributed by atoms with van der Waals surface area (Å²) in [7, 11) is 0. The summed E-state index contributed by atoms with van der Waals surface area (Å²) < 4.78 is 13.6. The molecule has 0 saturated heterocycles. The number of aromatic hydroxyl groups is 1. The molecule has 0 bridgehead atoms. The van der Waals surface area contributed by atoms with E-state index in [1.165, 1.54) is 12.1 Å². The topological polar surface area (TPSA) is 52.1 Å². The molecule has 0 saturated carbocycles. The van der Waals surface area contributed by atoms with Crippen LogP contribution in [0.2, 0.25) is 5.02 Å². The van der Waals surface area contributed by atoms with Crippen LogP contribution in [0.4, 0.5) is 15.9 Å². The number of hydrogen-bond donors (Lipinski definition) is 2. The van der Waals surface area contributed by atoms with Crippen LogP contribution < -0.4 is 4.90 Å². The molecule has 2 N–H and O–H groups in total. The Hall–Kier alpha value is -3.31. The van der Waals surface area contributed by atoms with Gasteiger partial charge in [-0.05, 0) is 41.8 Å². The summed E-state index contributed by atoms with van der Waals surface area (Å²) in [5.74, 6) is -0.457. The van der Waals surface area contributed by atoms with E-state index in [4.69, 9.17) is 11.6 Å². The van der Waals surface area contributed by atoms with Crippen molar-refractivity contribution in [1.29, 1.82) is 0 Å². The maximum Gasteiger partial charge on any atom is 0.164 e. The standard InChI is InChI=1S/C23H19ClFN3O/c1-15-7-8-17(19(24)11-15)14-28(18-9-10-20(25)22(29)12-18)23-13-21(26-27-23)16-5-3-2-4-6-16/h2-13,29H,14H2,1H3,(H,26,27). The number of anilines is 2. The molecule has 0 fully saturated rings. The maximum atomic E-state index is 13.6. The van der Waals surface area contributed by atoms with E-state index in [-0.39, 0.29) is 0 Å². The van der Waals surface area contributed by atoms with Gasteiger partial charge in [-0.3, -0.25) is 5.10 Å². The molecule has 0 aliphatic carbocycles. The van der Waals surface area contributed by atoms with Crippen LogP contribution in [-0.4, -0.2) is 15.3 Å². The van der Waals surface area contributed by atoms with Crippen molar-refractivity contribution in [2.75, 3.05) is 4.90 Å². The van der Waals surface area contributed by atoms with Crippen molar-refractivity contribution in [1.82, 2.24) is 10.2 Å². The van der Waals surface area contributed by atoms with Crippen LogP contribution in [0.25, 0.3) is 11.3 Å². The normalized spacial score (nSPS) is 10.9. The number of aromatic nitrogens is 2. The Kier molecular flexibility index (Phi) is 5.23. The summed E-state index contributed by atoms with van der Waals surface area (Å²) in [5, 5.41) is 18.0. The second-order valence-corrected chi connectivity index (χ2v) is 7.23. The number of nitrogens with zero attached hydrogens (tertiary/aromatic N) is 2. The Morgan fingerprint density at radius 2 is 1.83 bits per heavy atom. The molecule has 4 rings (SSSR count). The number of aryl methyl sites for hydroxylation is 1. The van der Waals surface area contributed by atoms with Crippen molar-refractivity contribution in [2.24, 2.45) is 0 Å². The summed E-state index contributed by atoms with van der Waals surface area (Å²) in [4.78, 5) is 1.87. The number of rotatable bonds is 5. The number of nitrogens with one attached hydrogen (secondary N) is 1. The molecular weight excluding hydrogens is 389 g/mol. The molecule has 4 nitrogen and oxygen atoms in total. The van der Waals surface area contributed by atoms with Gasteiger partial charge in [-0.2, -0.15) is 5.10 Å². The predicted octanol–water partition coefficient (Wildman–Crippen LogP) is 6.22. The highest BCUT2D eigenvalue weighted by atomic mass is 35.5. The average molecular weight is 408 g/mol. The van der Waals surface area contributed by atoms with Gasteiger partial charge in [-0.1, -0.05) is 54.1 Å². The van der Waals surface area contributed by atoms with Gasteiger partial charge in [0.15, 0.2) is 17.4 Å². The van der Waals surface area contributed by atoms with Crippen molar-refractivity contribution in [2.45, 2.75) is 13.5 Å². The summed E-state index contributed by atoms with van der Waals surface area (Å²) in [6.07, 6.45) is 0. The zero-order valence-electron chi connectivity index (χ0n) is 15.7. The van der Waals surface area contributed by atoms with E-state index in [9.17, 15) is 9.50 Å². The highest BCUT2D eigenvalue weighted by molar-refractivity contribution is 6.31. The first-order valence-electron chi connectivity index (χ1n) is 9.13. The molecule has 0 aliphatic heterocycles. The lowest BCUT2D eigenvalue weighted by molar-refractivity contribution is 0.432. The molecule has 0 atom stereocenters. The lowest BCUT2D eigenvalue weighted by atomic mass is 10.1. The lowest BCUT2D eigenvalue weighted by Gasteiger charge is -2.23. The van der Waals surface area contributed by atoms with Crippen LogP contribution in [-0.2, 0) is 6.54 Å². The van der Waals surface area contributed by atoms with Gasteiger partial charge >= 0.3 is 0 Å². The third-order valence-corrected chi connectivity index (χ3v) is 5.06. The highest BCUT2D eigenvalue weighted by Crippen LogP contribution is 2.33. The summed E-state index contributed by atoms with van der Waals surface area (Å²) in [6.45, 7) is 2.38. The molecule has 0 amide bonds.